The smallest absolute Gasteiger partial charge is 0.270 e. The summed E-state index contributed by atoms with van der Waals surface area (Å²) in [5.41, 5.74) is 0.987. The monoisotopic (exact) mass is 278 g/mol. The third-order valence-electron chi connectivity index (χ3n) is 3.67. The highest BCUT2D eigenvalue weighted by molar-refractivity contribution is 5.44. The lowest BCUT2D eigenvalue weighted by Crippen LogP contribution is -2.21. The molecule has 5 nitrogen and oxygen atoms in total. The third kappa shape index (κ3) is 3.93. The average Bonchev–Trinajstić information content (AvgIpc) is 2.47. The van der Waals surface area contributed by atoms with E-state index in [9.17, 15) is 10.1 Å². The Morgan fingerprint density at radius 3 is 2.75 bits per heavy atom. The van der Waals surface area contributed by atoms with Crippen LogP contribution in [0.2, 0.25) is 0 Å². The lowest BCUT2D eigenvalue weighted by Gasteiger charge is -2.24. The summed E-state index contributed by atoms with van der Waals surface area (Å²) < 4.78 is 6.06. The average molecular weight is 278 g/mol. The molecule has 1 N–H and O–H groups in total. The van der Waals surface area contributed by atoms with Crippen molar-refractivity contribution in [2.45, 2.75) is 51.7 Å². The summed E-state index contributed by atoms with van der Waals surface area (Å²) in [5, 5.41) is 14.1. The van der Waals surface area contributed by atoms with Crippen LogP contribution in [0.1, 0.15) is 44.6 Å². The Bertz CT molecular complexity index is 456. The van der Waals surface area contributed by atoms with Gasteiger partial charge in [-0.1, -0.05) is 13.3 Å². The molecule has 110 valence electrons. The number of hydrogen-bond acceptors (Lipinski definition) is 4. The van der Waals surface area contributed by atoms with Gasteiger partial charge in [0.05, 0.1) is 11.0 Å². The third-order valence-corrected chi connectivity index (χ3v) is 3.67. The molecule has 1 aliphatic carbocycles. The number of nitro groups is 1. The topological polar surface area (TPSA) is 64.4 Å². The summed E-state index contributed by atoms with van der Waals surface area (Å²) in [7, 11) is 0. The van der Waals surface area contributed by atoms with Crippen LogP contribution in [0, 0.1) is 10.1 Å². The number of ether oxygens (including phenoxy) is 1. The van der Waals surface area contributed by atoms with Crippen molar-refractivity contribution in [2.24, 2.45) is 0 Å². The Morgan fingerprint density at radius 1 is 1.35 bits per heavy atom. The molecular formula is C15H22N2O3. The maximum Gasteiger partial charge on any atom is 0.270 e. The minimum Gasteiger partial charge on any atom is -0.490 e. The van der Waals surface area contributed by atoms with Gasteiger partial charge in [0.15, 0.2) is 0 Å². The molecule has 0 amide bonds. The molecule has 1 saturated carbocycles. The van der Waals surface area contributed by atoms with E-state index < -0.39 is 0 Å². The normalized spacial score (nSPS) is 16.1. The van der Waals surface area contributed by atoms with Gasteiger partial charge in [-0.2, -0.15) is 0 Å². The first-order chi connectivity index (χ1) is 9.70. The number of rotatable bonds is 6. The molecule has 1 aromatic carbocycles. The first-order valence-electron chi connectivity index (χ1n) is 7.35. The van der Waals surface area contributed by atoms with Gasteiger partial charge in [0, 0.05) is 24.2 Å². The molecule has 0 spiro atoms. The van der Waals surface area contributed by atoms with Gasteiger partial charge in [-0.3, -0.25) is 10.1 Å². The van der Waals surface area contributed by atoms with E-state index in [-0.39, 0.29) is 16.7 Å². The van der Waals surface area contributed by atoms with E-state index in [1.807, 2.05) is 6.92 Å². The van der Waals surface area contributed by atoms with E-state index in [0.29, 0.717) is 6.54 Å². The van der Waals surface area contributed by atoms with Crippen LogP contribution in [0.4, 0.5) is 5.69 Å². The number of benzene rings is 1. The van der Waals surface area contributed by atoms with Gasteiger partial charge in [-0.05, 0) is 38.3 Å². The highest BCUT2D eigenvalue weighted by Crippen LogP contribution is 2.28. The van der Waals surface area contributed by atoms with Gasteiger partial charge in [0.1, 0.15) is 5.75 Å². The maximum absolute atomic E-state index is 10.9. The minimum absolute atomic E-state index is 0.119. The van der Waals surface area contributed by atoms with Crippen molar-refractivity contribution in [3.63, 3.8) is 0 Å². The zero-order valence-electron chi connectivity index (χ0n) is 11.9. The molecular weight excluding hydrogens is 256 g/mol. The van der Waals surface area contributed by atoms with E-state index in [1.54, 1.807) is 12.1 Å². The van der Waals surface area contributed by atoms with Crippen molar-refractivity contribution in [1.82, 2.24) is 5.32 Å². The first kappa shape index (κ1) is 14.8. The molecule has 0 atom stereocenters. The Labute approximate surface area is 119 Å². The fraction of sp³-hybridized carbons (Fsp3) is 0.600. The molecule has 0 radical (unpaired) electrons. The summed E-state index contributed by atoms with van der Waals surface area (Å²) >= 11 is 0. The fourth-order valence-corrected chi connectivity index (χ4v) is 2.55. The lowest BCUT2D eigenvalue weighted by atomic mass is 9.97. The standard InChI is InChI=1S/C15H22N2O3/c1-2-16-11-12-10-13(17(18)19)8-9-15(12)20-14-6-4-3-5-7-14/h8-10,14,16H,2-7,11H2,1H3. The highest BCUT2D eigenvalue weighted by Gasteiger charge is 2.18. The molecule has 0 heterocycles. The molecule has 0 unspecified atom stereocenters. The zero-order valence-corrected chi connectivity index (χ0v) is 11.9. The zero-order chi connectivity index (χ0) is 14.4. The number of non-ortho nitro benzene ring substituents is 1. The van der Waals surface area contributed by atoms with Crippen molar-refractivity contribution in [1.29, 1.82) is 0 Å². The van der Waals surface area contributed by atoms with E-state index in [1.165, 1.54) is 25.3 Å². The van der Waals surface area contributed by atoms with Crippen LogP contribution >= 0.6 is 0 Å². The summed E-state index contributed by atoms with van der Waals surface area (Å²) in [4.78, 5) is 10.5. The fourth-order valence-electron chi connectivity index (χ4n) is 2.55. The Kier molecular flexibility index (Phi) is 5.35. The van der Waals surface area contributed by atoms with Gasteiger partial charge < -0.3 is 10.1 Å². The lowest BCUT2D eigenvalue weighted by molar-refractivity contribution is -0.384. The number of nitro benzene ring substituents is 1. The number of nitrogens with one attached hydrogen (secondary N) is 1. The molecule has 1 fully saturated rings. The Hall–Kier alpha value is -1.62. The number of hydrogen-bond donors (Lipinski definition) is 1. The van der Waals surface area contributed by atoms with Crippen molar-refractivity contribution in [3.05, 3.63) is 33.9 Å². The predicted molar refractivity (Wildman–Crippen MR) is 78.0 cm³/mol. The van der Waals surface area contributed by atoms with Gasteiger partial charge in [-0.15, -0.1) is 0 Å². The van der Waals surface area contributed by atoms with Crippen molar-refractivity contribution < 1.29 is 9.66 Å². The van der Waals surface area contributed by atoms with Gasteiger partial charge >= 0.3 is 0 Å². The summed E-state index contributed by atoms with van der Waals surface area (Å²) in [6.45, 7) is 3.44. The first-order valence-corrected chi connectivity index (χ1v) is 7.35. The van der Waals surface area contributed by atoms with Gasteiger partial charge in [0.25, 0.3) is 5.69 Å². The van der Waals surface area contributed by atoms with Crippen molar-refractivity contribution in [2.75, 3.05) is 6.54 Å². The van der Waals surface area contributed by atoms with Crippen LogP contribution in [0.15, 0.2) is 18.2 Å². The van der Waals surface area contributed by atoms with Crippen LogP contribution in [-0.2, 0) is 6.54 Å². The molecule has 1 aliphatic rings. The summed E-state index contributed by atoms with van der Waals surface area (Å²) in [5.74, 6) is 0.781. The predicted octanol–water partition coefficient (Wildman–Crippen LogP) is 3.42. The van der Waals surface area contributed by atoms with Crippen molar-refractivity contribution >= 4 is 5.69 Å². The molecule has 1 aromatic rings. The van der Waals surface area contributed by atoms with E-state index in [4.69, 9.17) is 4.74 Å². The summed E-state index contributed by atoms with van der Waals surface area (Å²) in [6.07, 6.45) is 6.12. The molecule has 0 saturated heterocycles. The van der Waals surface area contributed by atoms with Crippen LogP contribution in [-0.4, -0.2) is 17.6 Å². The Balaban J connectivity index is 2.14. The van der Waals surface area contributed by atoms with Crippen LogP contribution in [0.25, 0.3) is 0 Å². The molecule has 20 heavy (non-hydrogen) atoms. The van der Waals surface area contributed by atoms with Gasteiger partial charge in [0.2, 0.25) is 0 Å². The van der Waals surface area contributed by atoms with Crippen LogP contribution < -0.4 is 10.1 Å². The van der Waals surface area contributed by atoms with E-state index in [2.05, 4.69) is 5.32 Å². The van der Waals surface area contributed by atoms with E-state index >= 15 is 0 Å². The molecule has 5 heteroatoms. The molecule has 0 bridgehead atoms. The second-order valence-electron chi connectivity index (χ2n) is 5.21. The van der Waals surface area contributed by atoms with E-state index in [0.717, 1.165) is 30.7 Å². The number of nitrogens with zero attached hydrogens (tertiary/aromatic N) is 1. The SMILES string of the molecule is CCNCc1cc([N+](=O)[O-])ccc1OC1CCCCC1. The largest absolute Gasteiger partial charge is 0.490 e. The van der Waals surface area contributed by atoms with Gasteiger partial charge in [-0.25, -0.2) is 0 Å². The Morgan fingerprint density at radius 2 is 2.10 bits per heavy atom. The summed E-state index contributed by atoms with van der Waals surface area (Å²) in [6, 6.07) is 4.87. The second kappa shape index (κ2) is 7.24. The quantitative estimate of drug-likeness (QED) is 0.639. The molecule has 2 rings (SSSR count). The molecule has 0 aliphatic heterocycles. The molecule has 0 aromatic heterocycles. The van der Waals surface area contributed by atoms with Crippen LogP contribution in [0.5, 0.6) is 5.75 Å². The van der Waals surface area contributed by atoms with Crippen molar-refractivity contribution in [3.8, 4) is 5.75 Å². The minimum atomic E-state index is -0.361. The highest BCUT2D eigenvalue weighted by atomic mass is 16.6. The second-order valence-corrected chi connectivity index (χ2v) is 5.21. The van der Waals surface area contributed by atoms with Crippen LogP contribution in [0.3, 0.4) is 0 Å². The maximum atomic E-state index is 10.9.